The summed E-state index contributed by atoms with van der Waals surface area (Å²) in [7, 11) is 0. The number of hydrogen-bond acceptors (Lipinski definition) is 3. The van der Waals surface area contributed by atoms with Crippen LogP contribution in [0.3, 0.4) is 0 Å². The number of halogens is 3. The fourth-order valence-corrected chi connectivity index (χ4v) is 2.19. The molecule has 0 spiro atoms. The van der Waals surface area contributed by atoms with Gasteiger partial charge in [0.25, 0.3) is 0 Å². The summed E-state index contributed by atoms with van der Waals surface area (Å²) in [6.45, 7) is -1.10. The summed E-state index contributed by atoms with van der Waals surface area (Å²) < 4.78 is 36.6. The Bertz CT molecular complexity index is 211. The number of alkyl halides is 3. The van der Waals surface area contributed by atoms with Crippen LogP contribution in [0.2, 0.25) is 0 Å². The van der Waals surface area contributed by atoms with Gasteiger partial charge in [-0.15, -0.1) is 0 Å². The van der Waals surface area contributed by atoms with E-state index in [9.17, 15) is 18.3 Å². The van der Waals surface area contributed by atoms with E-state index in [-0.39, 0.29) is 25.6 Å². The first-order valence-corrected chi connectivity index (χ1v) is 5.50. The van der Waals surface area contributed by atoms with E-state index >= 15 is 0 Å². The molecule has 96 valence electrons. The molecule has 1 aliphatic carbocycles. The Morgan fingerprint density at radius 2 is 1.94 bits per heavy atom. The molecule has 1 rings (SSSR count). The van der Waals surface area contributed by atoms with E-state index < -0.39 is 18.8 Å². The summed E-state index contributed by atoms with van der Waals surface area (Å²) in [5, 5.41) is 18.2. The van der Waals surface area contributed by atoms with E-state index in [1.54, 1.807) is 0 Å². The topological polar surface area (TPSA) is 43.7 Å². The van der Waals surface area contributed by atoms with Gasteiger partial charge in [-0.25, -0.2) is 0 Å². The van der Waals surface area contributed by atoms with E-state index in [2.05, 4.69) is 0 Å². The van der Waals surface area contributed by atoms with Gasteiger partial charge in [0.15, 0.2) is 0 Å². The lowest BCUT2D eigenvalue weighted by Crippen LogP contribution is -2.40. The molecule has 0 saturated heterocycles. The fourth-order valence-electron chi connectivity index (χ4n) is 2.19. The van der Waals surface area contributed by atoms with Gasteiger partial charge in [-0.1, -0.05) is 6.42 Å². The zero-order chi connectivity index (χ0) is 12.2. The van der Waals surface area contributed by atoms with Gasteiger partial charge in [0.2, 0.25) is 0 Å². The van der Waals surface area contributed by atoms with Crippen LogP contribution in [-0.4, -0.2) is 53.6 Å². The summed E-state index contributed by atoms with van der Waals surface area (Å²) in [5.41, 5.74) is 0. The molecular formula is C10H18F3NO2. The molecule has 0 amide bonds. The van der Waals surface area contributed by atoms with Gasteiger partial charge < -0.3 is 10.2 Å². The maximum Gasteiger partial charge on any atom is 0.401 e. The number of aliphatic hydroxyl groups excluding tert-OH is 2. The molecule has 0 heterocycles. The van der Waals surface area contributed by atoms with Crippen molar-refractivity contribution in [3.05, 3.63) is 0 Å². The molecule has 0 aromatic rings. The Labute approximate surface area is 92.9 Å². The fraction of sp³-hybridized carbons (Fsp3) is 1.00. The highest BCUT2D eigenvalue weighted by molar-refractivity contribution is 4.80. The average molecular weight is 241 g/mol. The number of rotatable bonds is 5. The zero-order valence-corrected chi connectivity index (χ0v) is 9.08. The second kappa shape index (κ2) is 5.84. The molecular weight excluding hydrogens is 223 g/mol. The molecule has 0 bridgehead atoms. The Morgan fingerprint density at radius 3 is 2.38 bits per heavy atom. The highest BCUT2D eigenvalue weighted by Crippen LogP contribution is 2.27. The molecule has 2 unspecified atom stereocenters. The first-order valence-electron chi connectivity index (χ1n) is 5.50. The quantitative estimate of drug-likeness (QED) is 0.755. The summed E-state index contributed by atoms with van der Waals surface area (Å²) >= 11 is 0. The number of aliphatic hydroxyl groups is 2. The van der Waals surface area contributed by atoms with Crippen molar-refractivity contribution >= 4 is 0 Å². The second-order valence-corrected chi connectivity index (χ2v) is 4.33. The van der Waals surface area contributed by atoms with E-state index in [0.29, 0.717) is 6.42 Å². The monoisotopic (exact) mass is 241 g/mol. The van der Waals surface area contributed by atoms with Crippen LogP contribution in [-0.2, 0) is 0 Å². The van der Waals surface area contributed by atoms with Crippen molar-refractivity contribution in [1.29, 1.82) is 0 Å². The summed E-state index contributed by atoms with van der Waals surface area (Å²) in [4.78, 5) is 1.17. The van der Waals surface area contributed by atoms with Gasteiger partial charge in [-0.05, 0) is 18.8 Å². The molecule has 0 aromatic carbocycles. The molecule has 2 atom stereocenters. The van der Waals surface area contributed by atoms with Crippen LogP contribution in [0, 0.1) is 5.92 Å². The molecule has 0 aliphatic heterocycles. The predicted molar refractivity (Wildman–Crippen MR) is 52.9 cm³/mol. The van der Waals surface area contributed by atoms with Crippen molar-refractivity contribution in [2.45, 2.75) is 31.5 Å². The lowest BCUT2D eigenvalue weighted by Gasteiger charge is -2.27. The Morgan fingerprint density at radius 1 is 1.25 bits per heavy atom. The van der Waals surface area contributed by atoms with Crippen LogP contribution in [0.25, 0.3) is 0 Å². The van der Waals surface area contributed by atoms with Crippen molar-refractivity contribution < 1.29 is 23.4 Å². The third-order valence-electron chi connectivity index (χ3n) is 2.93. The van der Waals surface area contributed by atoms with E-state index in [4.69, 9.17) is 5.11 Å². The molecule has 1 aliphatic rings. The second-order valence-electron chi connectivity index (χ2n) is 4.33. The van der Waals surface area contributed by atoms with Crippen molar-refractivity contribution in [2.24, 2.45) is 5.92 Å². The molecule has 6 heteroatoms. The largest absolute Gasteiger partial charge is 0.401 e. The summed E-state index contributed by atoms with van der Waals surface area (Å²) in [6.07, 6.45) is -2.44. The van der Waals surface area contributed by atoms with Gasteiger partial charge in [0, 0.05) is 13.1 Å². The standard InChI is InChI=1S/C10H18F3NO2/c11-10(12,13)7-14(4-5-15)6-8-2-1-3-9(8)16/h8-9,15-16H,1-7H2. The third kappa shape index (κ3) is 4.67. The molecule has 1 fully saturated rings. The van der Waals surface area contributed by atoms with E-state index in [1.165, 1.54) is 4.90 Å². The maximum atomic E-state index is 12.2. The Kier molecular flexibility index (Phi) is 5.01. The van der Waals surface area contributed by atoms with Crippen molar-refractivity contribution in [3.8, 4) is 0 Å². The van der Waals surface area contributed by atoms with Crippen molar-refractivity contribution in [2.75, 3.05) is 26.2 Å². The van der Waals surface area contributed by atoms with Crippen molar-refractivity contribution in [1.82, 2.24) is 4.90 Å². The van der Waals surface area contributed by atoms with Crippen LogP contribution < -0.4 is 0 Å². The maximum absolute atomic E-state index is 12.2. The number of hydrogen-bond donors (Lipinski definition) is 2. The smallest absolute Gasteiger partial charge is 0.395 e. The van der Waals surface area contributed by atoms with E-state index in [1.807, 2.05) is 0 Å². The van der Waals surface area contributed by atoms with E-state index in [0.717, 1.165) is 12.8 Å². The highest BCUT2D eigenvalue weighted by Gasteiger charge is 2.33. The number of nitrogens with zero attached hydrogens (tertiary/aromatic N) is 1. The lowest BCUT2D eigenvalue weighted by molar-refractivity contribution is -0.148. The van der Waals surface area contributed by atoms with Crippen LogP contribution in [0.15, 0.2) is 0 Å². The minimum Gasteiger partial charge on any atom is -0.395 e. The minimum atomic E-state index is -4.25. The predicted octanol–water partition coefficient (Wildman–Crippen LogP) is 1.00. The molecule has 16 heavy (non-hydrogen) atoms. The van der Waals surface area contributed by atoms with Gasteiger partial charge in [-0.3, -0.25) is 4.90 Å². The van der Waals surface area contributed by atoms with Crippen LogP contribution in [0.5, 0.6) is 0 Å². The zero-order valence-electron chi connectivity index (χ0n) is 9.08. The first-order chi connectivity index (χ1) is 7.42. The molecule has 1 saturated carbocycles. The van der Waals surface area contributed by atoms with Crippen LogP contribution >= 0.6 is 0 Å². The van der Waals surface area contributed by atoms with Gasteiger partial charge in [0.05, 0.1) is 19.3 Å². The molecule has 0 aromatic heterocycles. The highest BCUT2D eigenvalue weighted by atomic mass is 19.4. The average Bonchev–Trinajstić information content (AvgIpc) is 2.49. The van der Waals surface area contributed by atoms with Gasteiger partial charge in [0.1, 0.15) is 0 Å². The lowest BCUT2D eigenvalue weighted by atomic mass is 10.1. The molecule has 2 N–H and O–H groups in total. The Hall–Kier alpha value is -0.330. The minimum absolute atomic E-state index is 0.00271. The Balaban J connectivity index is 2.43. The van der Waals surface area contributed by atoms with Crippen LogP contribution in [0.1, 0.15) is 19.3 Å². The SMILES string of the molecule is OCCN(CC1CCCC1O)CC(F)(F)F. The summed E-state index contributed by atoms with van der Waals surface area (Å²) in [5.74, 6) is -0.0890. The van der Waals surface area contributed by atoms with Crippen LogP contribution in [0.4, 0.5) is 13.2 Å². The molecule has 3 nitrogen and oxygen atoms in total. The normalized spacial score (nSPS) is 26.6. The van der Waals surface area contributed by atoms with Gasteiger partial charge >= 0.3 is 6.18 Å². The van der Waals surface area contributed by atoms with Crippen molar-refractivity contribution in [3.63, 3.8) is 0 Å². The summed E-state index contributed by atoms with van der Waals surface area (Å²) in [6, 6.07) is 0. The first kappa shape index (κ1) is 13.7. The molecule has 0 radical (unpaired) electrons. The third-order valence-corrected chi connectivity index (χ3v) is 2.93. The van der Waals surface area contributed by atoms with Gasteiger partial charge in [-0.2, -0.15) is 13.2 Å².